The fourth-order valence-corrected chi connectivity index (χ4v) is 2.17. The third-order valence-electron chi connectivity index (χ3n) is 3.12. The molecule has 3 N–H and O–H groups in total. The number of carbonyl (C=O) groups excluding carboxylic acids is 1. The van der Waals surface area contributed by atoms with Gasteiger partial charge in [-0.2, -0.15) is 0 Å². The van der Waals surface area contributed by atoms with Crippen molar-refractivity contribution in [3.05, 3.63) is 32.8 Å². The van der Waals surface area contributed by atoms with Gasteiger partial charge < -0.3 is 11.1 Å². The molecule has 0 aromatic heterocycles. The molecule has 7 heteroatoms. The number of nitrogens with zero attached hydrogens (tertiary/aromatic N) is 1. The number of rotatable bonds is 8. The Morgan fingerprint density at radius 1 is 1.33 bits per heavy atom. The lowest BCUT2D eigenvalue weighted by Crippen LogP contribution is -2.12. The normalized spacial score (nSPS) is 10.4. The van der Waals surface area contributed by atoms with Crippen molar-refractivity contribution < 1.29 is 9.72 Å². The standard InChI is InChI=1S/C14H20ClN3O3/c1-10-8-13(18(20)21)11(15)9-12(10)17-14(19)6-4-2-3-5-7-16/h8-9H,2-7,16H2,1H3,(H,17,19). The quantitative estimate of drug-likeness (QED) is 0.436. The Balaban J connectivity index is 2.56. The molecule has 0 atom stereocenters. The Kier molecular flexibility index (Phi) is 7.11. The minimum absolute atomic E-state index is 0.0174. The van der Waals surface area contributed by atoms with Crippen LogP contribution in [0.2, 0.25) is 5.02 Å². The highest BCUT2D eigenvalue weighted by Gasteiger charge is 2.16. The first-order valence-electron chi connectivity index (χ1n) is 6.90. The van der Waals surface area contributed by atoms with Crippen molar-refractivity contribution >= 4 is 28.9 Å². The molecule has 0 fully saturated rings. The number of anilines is 1. The zero-order chi connectivity index (χ0) is 15.8. The highest BCUT2D eigenvalue weighted by atomic mass is 35.5. The Labute approximate surface area is 128 Å². The van der Waals surface area contributed by atoms with Gasteiger partial charge >= 0.3 is 0 Å². The summed E-state index contributed by atoms with van der Waals surface area (Å²) < 4.78 is 0. The van der Waals surface area contributed by atoms with Gasteiger partial charge in [-0.15, -0.1) is 0 Å². The Hall–Kier alpha value is -1.66. The molecule has 0 aliphatic heterocycles. The van der Waals surface area contributed by atoms with Crippen molar-refractivity contribution in [1.29, 1.82) is 0 Å². The number of benzene rings is 1. The first kappa shape index (κ1) is 17.4. The maximum Gasteiger partial charge on any atom is 0.288 e. The molecule has 0 aliphatic carbocycles. The van der Waals surface area contributed by atoms with Crippen molar-refractivity contribution in [2.45, 2.75) is 39.0 Å². The van der Waals surface area contributed by atoms with E-state index in [2.05, 4.69) is 5.32 Å². The van der Waals surface area contributed by atoms with Gasteiger partial charge in [-0.1, -0.05) is 24.4 Å². The van der Waals surface area contributed by atoms with Crippen molar-refractivity contribution in [2.75, 3.05) is 11.9 Å². The van der Waals surface area contributed by atoms with E-state index in [9.17, 15) is 14.9 Å². The fourth-order valence-electron chi connectivity index (χ4n) is 1.94. The van der Waals surface area contributed by atoms with E-state index in [1.54, 1.807) is 6.92 Å². The first-order valence-corrected chi connectivity index (χ1v) is 7.28. The first-order chi connectivity index (χ1) is 9.95. The van der Waals surface area contributed by atoms with Crippen LogP contribution in [0.5, 0.6) is 0 Å². The summed E-state index contributed by atoms with van der Waals surface area (Å²) in [6.45, 7) is 2.37. The highest BCUT2D eigenvalue weighted by molar-refractivity contribution is 6.33. The summed E-state index contributed by atoms with van der Waals surface area (Å²) in [5.74, 6) is -0.115. The predicted octanol–water partition coefficient (Wildman–Crippen LogP) is 3.40. The molecular formula is C14H20ClN3O3. The van der Waals surface area contributed by atoms with Crippen molar-refractivity contribution in [2.24, 2.45) is 5.73 Å². The largest absolute Gasteiger partial charge is 0.330 e. The molecular weight excluding hydrogens is 294 g/mol. The maximum absolute atomic E-state index is 11.8. The van der Waals surface area contributed by atoms with Crippen LogP contribution < -0.4 is 11.1 Å². The van der Waals surface area contributed by atoms with Crippen LogP contribution in [0.1, 0.15) is 37.7 Å². The topological polar surface area (TPSA) is 98.3 Å². The van der Waals surface area contributed by atoms with Gasteiger partial charge in [0.2, 0.25) is 5.91 Å². The Morgan fingerprint density at radius 3 is 2.62 bits per heavy atom. The van der Waals surface area contributed by atoms with E-state index in [-0.39, 0.29) is 16.6 Å². The van der Waals surface area contributed by atoms with E-state index < -0.39 is 4.92 Å². The van der Waals surface area contributed by atoms with Crippen LogP contribution in [0, 0.1) is 17.0 Å². The number of carbonyl (C=O) groups is 1. The van der Waals surface area contributed by atoms with E-state index in [4.69, 9.17) is 17.3 Å². The van der Waals surface area contributed by atoms with E-state index in [0.29, 0.717) is 24.2 Å². The summed E-state index contributed by atoms with van der Waals surface area (Å²) in [5.41, 5.74) is 6.36. The van der Waals surface area contributed by atoms with E-state index in [1.165, 1.54) is 12.1 Å². The smallest absolute Gasteiger partial charge is 0.288 e. The van der Waals surface area contributed by atoms with Crippen molar-refractivity contribution in [3.63, 3.8) is 0 Å². The van der Waals surface area contributed by atoms with Gasteiger partial charge in [0.25, 0.3) is 5.69 Å². The Morgan fingerprint density at radius 2 is 2.00 bits per heavy atom. The molecule has 0 unspecified atom stereocenters. The summed E-state index contributed by atoms with van der Waals surface area (Å²) in [4.78, 5) is 22.0. The third-order valence-corrected chi connectivity index (χ3v) is 3.43. The summed E-state index contributed by atoms with van der Waals surface area (Å²) >= 11 is 5.84. The molecule has 6 nitrogen and oxygen atoms in total. The van der Waals surface area contributed by atoms with Gasteiger partial charge in [-0.05, 0) is 37.9 Å². The molecule has 1 amide bonds. The van der Waals surface area contributed by atoms with Gasteiger partial charge in [0, 0.05) is 18.2 Å². The molecule has 0 spiro atoms. The number of hydrogen-bond acceptors (Lipinski definition) is 4. The number of nitro groups is 1. The van der Waals surface area contributed by atoms with Crippen LogP contribution in [0.3, 0.4) is 0 Å². The van der Waals surface area contributed by atoms with Crippen LogP contribution >= 0.6 is 11.6 Å². The monoisotopic (exact) mass is 313 g/mol. The van der Waals surface area contributed by atoms with Gasteiger partial charge in [0.05, 0.1) is 4.92 Å². The number of hydrogen-bond donors (Lipinski definition) is 2. The van der Waals surface area contributed by atoms with Crippen LogP contribution in [0.15, 0.2) is 12.1 Å². The molecule has 0 radical (unpaired) electrons. The molecule has 1 rings (SSSR count). The number of aryl methyl sites for hydroxylation is 1. The molecule has 116 valence electrons. The number of amides is 1. The van der Waals surface area contributed by atoms with E-state index in [1.807, 2.05) is 0 Å². The molecule has 0 aliphatic rings. The van der Waals surface area contributed by atoms with Crippen LogP contribution in [-0.4, -0.2) is 17.4 Å². The van der Waals surface area contributed by atoms with Crippen molar-refractivity contribution in [1.82, 2.24) is 0 Å². The number of nitrogens with two attached hydrogens (primary N) is 1. The third kappa shape index (κ3) is 5.69. The number of unbranched alkanes of at least 4 members (excludes halogenated alkanes) is 3. The van der Waals surface area contributed by atoms with E-state index >= 15 is 0 Å². The lowest BCUT2D eigenvalue weighted by molar-refractivity contribution is -0.384. The van der Waals surface area contributed by atoms with Gasteiger partial charge in [-0.25, -0.2) is 0 Å². The van der Waals surface area contributed by atoms with E-state index in [0.717, 1.165) is 25.7 Å². The van der Waals surface area contributed by atoms with Crippen LogP contribution in [0.25, 0.3) is 0 Å². The molecule has 0 bridgehead atoms. The highest BCUT2D eigenvalue weighted by Crippen LogP contribution is 2.30. The summed E-state index contributed by atoms with van der Waals surface area (Å²) in [5, 5.41) is 13.5. The molecule has 0 heterocycles. The molecule has 21 heavy (non-hydrogen) atoms. The van der Waals surface area contributed by atoms with Crippen molar-refractivity contribution in [3.8, 4) is 0 Å². The van der Waals surface area contributed by atoms with Gasteiger partial charge in [0.1, 0.15) is 5.02 Å². The second kappa shape index (κ2) is 8.59. The lowest BCUT2D eigenvalue weighted by Gasteiger charge is -2.09. The zero-order valence-corrected chi connectivity index (χ0v) is 12.8. The lowest BCUT2D eigenvalue weighted by atomic mass is 10.1. The number of nitro benzene ring substituents is 1. The summed E-state index contributed by atoms with van der Waals surface area (Å²) in [6, 6.07) is 2.78. The van der Waals surface area contributed by atoms with Crippen LogP contribution in [0.4, 0.5) is 11.4 Å². The zero-order valence-electron chi connectivity index (χ0n) is 12.0. The molecule has 1 aromatic rings. The molecule has 0 saturated carbocycles. The minimum atomic E-state index is -0.543. The fraction of sp³-hybridized carbons (Fsp3) is 0.500. The van der Waals surface area contributed by atoms with Crippen LogP contribution in [-0.2, 0) is 4.79 Å². The SMILES string of the molecule is Cc1cc([N+](=O)[O-])c(Cl)cc1NC(=O)CCCCCCN. The second-order valence-electron chi connectivity index (χ2n) is 4.88. The Bertz CT molecular complexity index is 520. The molecule has 0 saturated heterocycles. The average molecular weight is 314 g/mol. The predicted molar refractivity (Wildman–Crippen MR) is 83.6 cm³/mol. The summed E-state index contributed by atoms with van der Waals surface area (Å²) in [6.07, 6.45) is 4.17. The van der Waals surface area contributed by atoms with Gasteiger partial charge in [0.15, 0.2) is 0 Å². The average Bonchev–Trinajstić information content (AvgIpc) is 2.42. The second-order valence-corrected chi connectivity index (χ2v) is 5.28. The minimum Gasteiger partial charge on any atom is -0.330 e. The summed E-state index contributed by atoms with van der Waals surface area (Å²) in [7, 11) is 0. The number of halogens is 1. The number of nitrogens with one attached hydrogen (secondary N) is 1. The molecule has 1 aromatic carbocycles. The maximum atomic E-state index is 11.8. The van der Waals surface area contributed by atoms with Gasteiger partial charge in [-0.3, -0.25) is 14.9 Å².